The number of imidazole rings is 1. The molecule has 4 rings (SSSR count). The maximum absolute atomic E-state index is 4.67. The molecule has 0 atom stereocenters. The number of aromatic nitrogens is 2. The lowest BCUT2D eigenvalue weighted by Gasteiger charge is -2.20. The van der Waals surface area contributed by atoms with Crippen LogP contribution in [0.5, 0.6) is 0 Å². The highest BCUT2D eigenvalue weighted by Crippen LogP contribution is 2.31. The van der Waals surface area contributed by atoms with E-state index in [2.05, 4.69) is 46.2 Å². The number of anilines is 1. The summed E-state index contributed by atoms with van der Waals surface area (Å²) in [6, 6.07) is 7.35. The Morgan fingerprint density at radius 3 is 2.90 bits per heavy atom. The minimum absolute atomic E-state index is 0.634. The molecule has 0 spiro atoms. The Bertz CT molecular complexity index is 638. The van der Waals surface area contributed by atoms with Crippen LogP contribution in [-0.4, -0.2) is 15.6 Å². The molecule has 2 aliphatic carbocycles. The Kier molecular flexibility index (Phi) is 2.79. The second kappa shape index (κ2) is 4.65. The first-order valence-corrected chi connectivity index (χ1v) is 7.75. The number of aryl methyl sites for hydroxylation is 2. The van der Waals surface area contributed by atoms with Gasteiger partial charge in [0.25, 0.3) is 0 Å². The summed E-state index contributed by atoms with van der Waals surface area (Å²) in [5, 5.41) is 3.56. The number of nitrogens with zero attached hydrogens (tertiary/aromatic N) is 2. The molecule has 1 heterocycles. The van der Waals surface area contributed by atoms with Gasteiger partial charge in [-0.3, -0.25) is 4.57 Å². The molecule has 0 saturated heterocycles. The van der Waals surface area contributed by atoms with Gasteiger partial charge in [0.2, 0.25) is 5.95 Å². The number of fused-ring (bicyclic) bond motifs is 1. The molecule has 0 radical (unpaired) electrons. The molecule has 2 aliphatic rings. The van der Waals surface area contributed by atoms with Crippen LogP contribution in [-0.2, 0) is 12.8 Å². The van der Waals surface area contributed by atoms with E-state index in [0.717, 1.165) is 11.6 Å². The Morgan fingerprint density at radius 2 is 2.05 bits per heavy atom. The topological polar surface area (TPSA) is 29.9 Å². The Balaban J connectivity index is 1.80. The van der Waals surface area contributed by atoms with Crippen LogP contribution in [0.15, 0.2) is 24.4 Å². The van der Waals surface area contributed by atoms with Crippen LogP contribution in [0, 0.1) is 6.92 Å². The van der Waals surface area contributed by atoms with Gasteiger partial charge < -0.3 is 5.32 Å². The van der Waals surface area contributed by atoms with Crippen molar-refractivity contribution in [1.82, 2.24) is 9.55 Å². The lowest BCUT2D eigenvalue weighted by Crippen LogP contribution is -2.11. The third-order valence-corrected chi connectivity index (χ3v) is 4.37. The SMILES string of the molecule is Cc1cn(-c2cccc3c2CCCC3)c(NC2CC2)n1. The summed E-state index contributed by atoms with van der Waals surface area (Å²) in [5.41, 5.74) is 5.46. The van der Waals surface area contributed by atoms with E-state index >= 15 is 0 Å². The maximum Gasteiger partial charge on any atom is 0.207 e. The van der Waals surface area contributed by atoms with Crippen LogP contribution in [0.3, 0.4) is 0 Å². The van der Waals surface area contributed by atoms with E-state index in [0.29, 0.717) is 6.04 Å². The zero-order valence-electron chi connectivity index (χ0n) is 12.0. The summed E-state index contributed by atoms with van der Waals surface area (Å²) in [6.45, 7) is 2.07. The lowest BCUT2D eigenvalue weighted by atomic mass is 9.90. The summed E-state index contributed by atoms with van der Waals surface area (Å²) in [5.74, 6) is 1.02. The van der Waals surface area contributed by atoms with Crippen molar-refractivity contribution in [2.75, 3.05) is 5.32 Å². The van der Waals surface area contributed by atoms with Gasteiger partial charge >= 0.3 is 0 Å². The van der Waals surface area contributed by atoms with Crippen LogP contribution in [0.2, 0.25) is 0 Å². The predicted molar refractivity (Wildman–Crippen MR) is 81.6 cm³/mol. The largest absolute Gasteiger partial charge is 0.353 e. The smallest absolute Gasteiger partial charge is 0.207 e. The van der Waals surface area contributed by atoms with Gasteiger partial charge in [-0.15, -0.1) is 0 Å². The van der Waals surface area contributed by atoms with Crippen LogP contribution < -0.4 is 5.32 Å². The van der Waals surface area contributed by atoms with Crippen LogP contribution in [0.4, 0.5) is 5.95 Å². The van der Waals surface area contributed by atoms with Crippen LogP contribution in [0.25, 0.3) is 5.69 Å². The van der Waals surface area contributed by atoms with Crippen molar-refractivity contribution >= 4 is 5.95 Å². The summed E-state index contributed by atoms with van der Waals surface area (Å²) in [4.78, 5) is 4.67. The minimum Gasteiger partial charge on any atom is -0.353 e. The molecular weight excluding hydrogens is 246 g/mol. The molecule has 3 nitrogen and oxygen atoms in total. The van der Waals surface area contributed by atoms with Gasteiger partial charge in [-0.25, -0.2) is 4.98 Å². The fourth-order valence-electron chi connectivity index (χ4n) is 3.18. The van der Waals surface area contributed by atoms with Crippen LogP contribution in [0.1, 0.15) is 42.5 Å². The molecule has 0 amide bonds. The number of nitrogens with one attached hydrogen (secondary N) is 1. The van der Waals surface area contributed by atoms with Gasteiger partial charge in [-0.2, -0.15) is 0 Å². The van der Waals surface area contributed by atoms with Crippen molar-refractivity contribution in [2.24, 2.45) is 0 Å². The summed E-state index contributed by atoms with van der Waals surface area (Å²) in [6.07, 6.45) is 9.77. The summed E-state index contributed by atoms with van der Waals surface area (Å²) < 4.78 is 2.26. The molecule has 0 aliphatic heterocycles. The second-order valence-corrected chi connectivity index (χ2v) is 6.12. The molecule has 1 aromatic carbocycles. The highest BCUT2D eigenvalue weighted by molar-refractivity contribution is 5.52. The molecule has 0 bridgehead atoms. The fraction of sp³-hybridized carbons (Fsp3) is 0.471. The van der Waals surface area contributed by atoms with Crippen LogP contribution >= 0.6 is 0 Å². The van der Waals surface area contributed by atoms with E-state index in [4.69, 9.17) is 0 Å². The molecule has 0 unspecified atom stereocenters. The number of hydrogen-bond acceptors (Lipinski definition) is 2. The lowest BCUT2D eigenvalue weighted by molar-refractivity contribution is 0.681. The van der Waals surface area contributed by atoms with Crippen molar-refractivity contribution in [3.63, 3.8) is 0 Å². The Morgan fingerprint density at radius 1 is 1.20 bits per heavy atom. The summed E-state index contributed by atoms with van der Waals surface area (Å²) >= 11 is 0. The predicted octanol–water partition coefficient (Wildman–Crippen LogP) is 3.63. The number of hydrogen-bond donors (Lipinski definition) is 1. The summed E-state index contributed by atoms with van der Waals surface area (Å²) in [7, 11) is 0. The maximum atomic E-state index is 4.67. The van der Waals surface area contributed by atoms with E-state index in [1.807, 2.05) is 0 Å². The molecule has 1 saturated carbocycles. The Hall–Kier alpha value is -1.77. The first kappa shape index (κ1) is 12.0. The van der Waals surface area contributed by atoms with E-state index in [9.17, 15) is 0 Å². The molecular formula is C17H21N3. The first-order valence-electron chi connectivity index (χ1n) is 7.75. The number of rotatable bonds is 3. The molecule has 2 aromatic rings. The minimum atomic E-state index is 0.634. The van der Waals surface area contributed by atoms with Gasteiger partial charge in [-0.05, 0) is 62.6 Å². The van der Waals surface area contributed by atoms with E-state index in [1.165, 1.54) is 55.3 Å². The van der Waals surface area contributed by atoms with E-state index < -0.39 is 0 Å². The zero-order chi connectivity index (χ0) is 13.5. The monoisotopic (exact) mass is 267 g/mol. The van der Waals surface area contributed by atoms with Gasteiger partial charge in [0.05, 0.1) is 11.4 Å². The van der Waals surface area contributed by atoms with Gasteiger partial charge in [0.15, 0.2) is 0 Å². The zero-order valence-corrected chi connectivity index (χ0v) is 12.0. The third kappa shape index (κ3) is 2.11. The third-order valence-electron chi connectivity index (χ3n) is 4.37. The first-order chi connectivity index (χ1) is 9.81. The van der Waals surface area contributed by atoms with Crippen molar-refractivity contribution in [1.29, 1.82) is 0 Å². The molecule has 1 fully saturated rings. The van der Waals surface area contributed by atoms with Crippen molar-refractivity contribution < 1.29 is 0 Å². The van der Waals surface area contributed by atoms with Crippen molar-refractivity contribution in [2.45, 2.75) is 51.5 Å². The second-order valence-electron chi connectivity index (χ2n) is 6.12. The highest BCUT2D eigenvalue weighted by atomic mass is 15.2. The van der Waals surface area contributed by atoms with Crippen molar-refractivity contribution in [3.8, 4) is 5.69 Å². The average Bonchev–Trinajstić information content (AvgIpc) is 3.20. The van der Waals surface area contributed by atoms with E-state index in [-0.39, 0.29) is 0 Å². The van der Waals surface area contributed by atoms with Gasteiger partial charge in [-0.1, -0.05) is 12.1 Å². The standard InChI is InChI=1S/C17H21N3/c1-12-11-20(17(18-12)19-14-9-10-14)16-8-4-6-13-5-2-3-7-15(13)16/h4,6,8,11,14H,2-3,5,7,9-10H2,1H3,(H,18,19). The van der Waals surface area contributed by atoms with Gasteiger partial charge in [0, 0.05) is 12.2 Å². The molecule has 1 aromatic heterocycles. The molecule has 1 N–H and O–H groups in total. The van der Waals surface area contributed by atoms with Crippen molar-refractivity contribution in [3.05, 3.63) is 41.2 Å². The molecule has 104 valence electrons. The molecule has 20 heavy (non-hydrogen) atoms. The highest BCUT2D eigenvalue weighted by Gasteiger charge is 2.24. The molecule has 3 heteroatoms. The average molecular weight is 267 g/mol. The van der Waals surface area contributed by atoms with Gasteiger partial charge in [0.1, 0.15) is 0 Å². The van der Waals surface area contributed by atoms with E-state index in [1.54, 1.807) is 0 Å². The fourth-order valence-corrected chi connectivity index (χ4v) is 3.18. The quantitative estimate of drug-likeness (QED) is 0.920. The number of benzene rings is 1. The normalized spacial score (nSPS) is 17.9. The Labute approximate surface area is 120 Å².